The Kier molecular flexibility index (Phi) is 4.20. The van der Waals surface area contributed by atoms with Gasteiger partial charge < -0.3 is 4.90 Å². The monoisotopic (exact) mass is 378 g/mol. The second kappa shape index (κ2) is 6.72. The fourth-order valence-corrected chi connectivity index (χ4v) is 5.00. The molecule has 1 saturated heterocycles. The Balaban J connectivity index is 1.43. The molecule has 3 aliphatic rings. The zero-order valence-corrected chi connectivity index (χ0v) is 16.0. The second-order valence-corrected chi connectivity index (χ2v) is 8.21. The van der Waals surface area contributed by atoms with Gasteiger partial charge in [0.2, 0.25) is 0 Å². The summed E-state index contributed by atoms with van der Waals surface area (Å²) in [6.07, 6.45) is 7.48. The number of fused-ring (bicyclic) bond motifs is 3. The zero-order valence-electron chi connectivity index (χ0n) is 15.3. The second-order valence-electron chi connectivity index (χ2n) is 7.78. The molecule has 1 fully saturated rings. The summed E-state index contributed by atoms with van der Waals surface area (Å²) >= 11 is 6.03. The first kappa shape index (κ1) is 16.9. The quantitative estimate of drug-likeness (QED) is 0.639. The third-order valence-electron chi connectivity index (χ3n) is 6.17. The Morgan fingerprint density at radius 3 is 2.67 bits per heavy atom. The highest BCUT2D eigenvalue weighted by molar-refractivity contribution is 6.30. The molecule has 0 radical (unpaired) electrons. The molecule has 2 bridgehead atoms. The molecule has 3 aliphatic heterocycles. The molecule has 2 atom stereocenters. The first-order valence-corrected chi connectivity index (χ1v) is 10.2. The van der Waals surface area contributed by atoms with E-state index < -0.39 is 0 Å². The van der Waals surface area contributed by atoms with Gasteiger partial charge in [-0.25, -0.2) is 4.79 Å². The van der Waals surface area contributed by atoms with Crippen molar-refractivity contribution in [1.82, 2.24) is 4.90 Å². The van der Waals surface area contributed by atoms with Crippen molar-refractivity contribution in [3.63, 3.8) is 0 Å². The number of urea groups is 1. The first-order valence-electron chi connectivity index (χ1n) is 9.85. The van der Waals surface area contributed by atoms with Gasteiger partial charge >= 0.3 is 6.03 Å². The molecule has 0 saturated carbocycles. The largest absolute Gasteiger partial charge is 0.325 e. The molecule has 0 aromatic heterocycles. The van der Waals surface area contributed by atoms with Crippen molar-refractivity contribution in [2.45, 2.75) is 44.2 Å². The van der Waals surface area contributed by atoms with Gasteiger partial charge in [0.05, 0.1) is 6.04 Å². The smallest absolute Gasteiger partial charge is 0.315 e. The van der Waals surface area contributed by atoms with Crippen LogP contribution in [0.4, 0.5) is 10.5 Å². The van der Waals surface area contributed by atoms with Crippen molar-refractivity contribution in [1.29, 1.82) is 0 Å². The Morgan fingerprint density at radius 1 is 1.04 bits per heavy atom. The van der Waals surface area contributed by atoms with Crippen LogP contribution >= 0.6 is 11.6 Å². The molecule has 0 aliphatic carbocycles. The molecule has 138 valence electrons. The van der Waals surface area contributed by atoms with Crippen molar-refractivity contribution in [3.8, 4) is 0 Å². The Labute approximate surface area is 165 Å². The summed E-state index contributed by atoms with van der Waals surface area (Å²) in [6, 6.07) is 17.1. The highest BCUT2D eigenvalue weighted by Gasteiger charge is 2.42. The molecule has 0 spiro atoms. The minimum atomic E-state index is 0.182. The van der Waals surface area contributed by atoms with Crippen LogP contribution in [0.2, 0.25) is 5.02 Å². The number of aryl methyl sites for hydroxylation is 1. The van der Waals surface area contributed by atoms with E-state index in [1.54, 1.807) is 0 Å². The standard InChI is InChI=1S/C23H23ClN2O/c24-19-9-7-16(8-10-19)18-14-20-11-12-21(15-18)26(20)23(27)25-13-3-5-17-4-1-2-6-22(17)25/h1-2,4,6-10,14,20-21H,3,5,11-13,15H2. The fourth-order valence-electron chi connectivity index (χ4n) is 4.88. The molecular weight excluding hydrogens is 356 g/mol. The number of hydrogen-bond donors (Lipinski definition) is 0. The third-order valence-corrected chi connectivity index (χ3v) is 6.42. The normalized spacial score (nSPS) is 23.8. The average Bonchev–Trinajstić information content (AvgIpc) is 2.97. The lowest BCUT2D eigenvalue weighted by molar-refractivity contribution is 0.186. The first-order chi connectivity index (χ1) is 13.2. The van der Waals surface area contributed by atoms with Crippen LogP contribution in [0, 0.1) is 0 Å². The molecule has 2 aromatic rings. The van der Waals surface area contributed by atoms with E-state index in [-0.39, 0.29) is 12.1 Å². The van der Waals surface area contributed by atoms with Gasteiger partial charge in [0.25, 0.3) is 0 Å². The van der Waals surface area contributed by atoms with Crippen molar-refractivity contribution in [2.75, 3.05) is 11.4 Å². The maximum Gasteiger partial charge on any atom is 0.325 e. The molecule has 5 rings (SSSR count). The van der Waals surface area contributed by atoms with Crippen LogP contribution in [-0.4, -0.2) is 29.6 Å². The molecule has 2 aromatic carbocycles. The summed E-state index contributed by atoms with van der Waals surface area (Å²) < 4.78 is 0. The van der Waals surface area contributed by atoms with Crippen molar-refractivity contribution < 1.29 is 4.79 Å². The maximum atomic E-state index is 13.5. The number of carbonyl (C=O) groups excluding carboxylic acids is 1. The Hall–Kier alpha value is -2.26. The fraction of sp³-hybridized carbons (Fsp3) is 0.348. The molecular formula is C23H23ClN2O. The number of nitrogens with zero attached hydrogens (tertiary/aromatic N) is 2. The van der Waals surface area contributed by atoms with E-state index in [0.717, 1.165) is 49.4 Å². The van der Waals surface area contributed by atoms with Gasteiger partial charge in [-0.05, 0) is 67.0 Å². The summed E-state index contributed by atoms with van der Waals surface area (Å²) in [5, 5.41) is 0.763. The minimum Gasteiger partial charge on any atom is -0.315 e. The van der Waals surface area contributed by atoms with E-state index in [2.05, 4.69) is 41.3 Å². The molecule has 2 unspecified atom stereocenters. The van der Waals surface area contributed by atoms with Crippen LogP contribution in [0.25, 0.3) is 5.57 Å². The van der Waals surface area contributed by atoms with Gasteiger partial charge in [0.1, 0.15) is 0 Å². The predicted octanol–water partition coefficient (Wildman–Crippen LogP) is 5.53. The van der Waals surface area contributed by atoms with Crippen LogP contribution in [0.1, 0.15) is 36.8 Å². The van der Waals surface area contributed by atoms with E-state index >= 15 is 0 Å². The molecule has 3 nitrogen and oxygen atoms in total. The number of carbonyl (C=O) groups is 1. The van der Waals surface area contributed by atoms with Gasteiger partial charge in [-0.1, -0.05) is 48.0 Å². The number of anilines is 1. The maximum absolute atomic E-state index is 13.5. The highest BCUT2D eigenvalue weighted by Crippen LogP contribution is 2.40. The number of benzene rings is 2. The van der Waals surface area contributed by atoms with Crippen molar-refractivity contribution in [2.24, 2.45) is 0 Å². The van der Waals surface area contributed by atoms with Gasteiger partial charge in [-0.2, -0.15) is 0 Å². The number of hydrogen-bond acceptors (Lipinski definition) is 1. The lowest BCUT2D eigenvalue weighted by atomic mass is 9.94. The van der Waals surface area contributed by atoms with E-state index in [9.17, 15) is 4.79 Å². The number of halogens is 1. The number of amides is 2. The predicted molar refractivity (Wildman–Crippen MR) is 110 cm³/mol. The summed E-state index contributed by atoms with van der Waals surface area (Å²) in [5.41, 5.74) is 4.97. The van der Waals surface area contributed by atoms with Gasteiger partial charge in [-0.15, -0.1) is 0 Å². The molecule has 2 amide bonds. The topological polar surface area (TPSA) is 23.6 Å². The van der Waals surface area contributed by atoms with Crippen LogP contribution in [0.15, 0.2) is 54.6 Å². The number of rotatable bonds is 1. The van der Waals surface area contributed by atoms with E-state index in [0.29, 0.717) is 6.04 Å². The lowest BCUT2D eigenvalue weighted by Crippen LogP contribution is -2.51. The lowest BCUT2D eigenvalue weighted by Gasteiger charge is -2.39. The molecule has 4 heteroatoms. The average molecular weight is 379 g/mol. The summed E-state index contributed by atoms with van der Waals surface area (Å²) in [5.74, 6) is 0. The van der Waals surface area contributed by atoms with Gasteiger partial charge in [0.15, 0.2) is 0 Å². The molecule has 27 heavy (non-hydrogen) atoms. The Bertz CT molecular complexity index is 905. The SMILES string of the molecule is O=C(N1CCCc2ccccc21)N1C2C=C(c3ccc(Cl)cc3)CC1CC2. The van der Waals surface area contributed by atoms with E-state index in [4.69, 9.17) is 11.6 Å². The minimum absolute atomic E-state index is 0.182. The molecule has 0 N–H and O–H groups in total. The van der Waals surface area contributed by atoms with Gasteiger partial charge in [-0.3, -0.25) is 4.90 Å². The van der Waals surface area contributed by atoms with E-state index in [1.165, 1.54) is 16.7 Å². The van der Waals surface area contributed by atoms with Crippen LogP contribution < -0.4 is 4.90 Å². The summed E-state index contributed by atoms with van der Waals surface area (Å²) in [4.78, 5) is 17.6. The Morgan fingerprint density at radius 2 is 1.85 bits per heavy atom. The van der Waals surface area contributed by atoms with Crippen molar-refractivity contribution in [3.05, 3.63) is 70.8 Å². The summed E-state index contributed by atoms with van der Waals surface area (Å²) in [6.45, 7) is 0.819. The summed E-state index contributed by atoms with van der Waals surface area (Å²) in [7, 11) is 0. The zero-order chi connectivity index (χ0) is 18.4. The van der Waals surface area contributed by atoms with Crippen molar-refractivity contribution >= 4 is 28.9 Å². The van der Waals surface area contributed by atoms with Crippen LogP contribution in [-0.2, 0) is 6.42 Å². The van der Waals surface area contributed by atoms with Gasteiger partial charge in [0, 0.05) is 23.3 Å². The molecule has 3 heterocycles. The number of para-hydroxylation sites is 1. The van der Waals surface area contributed by atoms with Crippen LogP contribution in [0.5, 0.6) is 0 Å². The third kappa shape index (κ3) is 2.94. The highest BCUT2D eigenvalue weighted by atomic mass is 35.5. The van der Waals surface area contributed by atoms with Crippen LogP contribution in [0.3, 0.4) is 0 Å². The van der Waals surface area contributed by atoms with E-state index in [1.807, 2.05) is 23.1 Å².